The zero-order valence-electron chi connectivity index (χ0n) is 17.9. The van der Waals surface area contributed by atoms with E-state index in [-0.39, 0.29) is 18.0 Å². The van der Waals surface area contributed by atoms with E-state index in [1.165, 1.54) is 25.3 Å². The van der Waals surface area contributed by atoms with Crippen molar-refractivity contribution in [1.29, 1.82) is 0 Å². The zero-order valence-corrected chi connectivity index (χ0v) is 19.5. The normalized spacial score (nSPS) is 14.9. The second-order valence-corrected chi connectivity index (χ2v) is 8.18. The number of carbonyl (C=O) groups excluding carboxylic acids is 3. The van der Waals surface area contributed by atoms with Crippen molar-refractivity contribution < 1.29 is 28.2 Å². The smallest absolute Gasteiger partial charge is 0.335 e. The van der Waals surface area contributed by atoms with Crippen LogP contribution in [0.2, 0.25) is 0 Å². The summed E-state index contributed by atoms with van der Waals surface area (Å²) in [5.74, 6) is -1.06. The van der Waals surface area contributed by atoms with E-state index in [1.807, 2.05) is 0 Å². The number of anilines is 1. The summed E-state index contributed by atoms with van der Waals surface area (Å²) in [7, 11) is 1.46. The third-order valence-corrected chi connectivity index (χ3v) is 5.52. The first-order valence-electron chi connectivity index (χ1n) is 10.1. The van der Waals surface area contributed by atoms with E-state index in [1.54, 1.807) is 54.6 Å². The van der Waals surface area contributed by atoms with Gasteiger partial charge in [0, 0.05) is 4.47 Å². The molecular weight excluding hydrogens is 507 g/mol. The van der Waals surface area contributed by atoms with Gasteiger partial charge in [-0.25, -0.2) is 14.1 Å². The number of benzene rings is 3. The average Bonchev–Trinajstić information content (AvgIpc) is 2.83. The van der Waals surface area contributed by atoms with Crippen LogP contribution < -0.4 is 19.7 Å². The molecule has 9 heteroatoms. The van der Waals surface area contributed by atoms with Crippen molar-refractivity contribution >= 4 is 45.5 Å². The second-order valence-electron chi connectivity index (χ2n) is 7.26. The van der Waals surface area contributed by atoms with Crippen LogP contribution in [0.3, 0.4) is 0 Å². The predicted octanol–water partition coefficient (Wildman–Crippen LogP) is 4.84. The monoisotopic (exact) mass is 524 g/mol. The third kappa shape index (κ3) is 4.99. The van der Waals surface area contributed by atoms with Crippen molar-refractivity contribution in [3.8, 4) is 11.5 Å². The van der Waals surface area contributed by atoms with Crippen molar-refractivity contribution in [2.75, 3.05) is 12.0 Å². The van der Waals surface area contributed by atoms with Gasteiger partial charge in [0.15, 0.2) is 11.5 Å². The van der Waals surface area contributed by atoms with E-state index < -0.39 is 17.8 Å². The van der Waals surface area contributed by atoms with Gasteiger partial charge in [0.2, 0.25) is 0 Å². The molecule has 1 heterocycles. The first-order chi connectivity index (χ1) is 16.4. The molecule has 34 heavy (non-hydrogen) atoms. The average molecular weight is 525 g/mol. The van der Waals surface area contributed by atoms with E-state index >= 15 is 0 Å². The Morgan fingerprint density at radius 1 is 0.971 bits per heavy atom. The number of hydrogen-bond donors (Lipinski definition) is 1. The summed E-state index contributed by atoms with van der Waals surface area (Å²) in [4.78, 5) is 38.7. The number of nitrogens with one attached hydrogen (secondary N) is 1. The largest absolute Gasteiger partial charge is 0.493 e. The molecule has 0 saturated carbocycles. The lowest BCUT2D eigenvalue weighted by atomic mass is 10.1. The molecule has 0 atom stereocenters. The van der Waals surface area contributed by atoms with Gasteiger partial charge in [-0.2, -0.15) is 0 Å². The Morgan fingerprint density at radius 2 is 1.68 bits per heavy atom. The first-order valence-corrected chi connectivity index (χ1v) is 10.9. The maximum absolute atomic E-state index is 13.1. The number of halogens is 2. The summed E-state index contributed by atoms with van der Waals surface area (Å²) in [5, 5.41) is 2.19. The zero-order chi connectivity index (χ0) is 24.2. The van der Waals surface area contributed by atoms with Crippen LogP contribution in [0.25, 0.3) is 6.08 Å². The van der Waals surface area contributed by atoms with Crippen LogP contribution in [-0.4, -0.2) is 25.0 Å². The Balaban J connectivity index is 1.58. The highest BCUT2D eigenvalue weighted by Crippen LogP contribution is 2.30. The second kappa shape index (κ2) is 9.88. The van der Waals surface area contributed by atoms with Gasteiger partial charge < -0.3 is 9.47 Å². The van der Waals surface area contributed by atoms with Gasteiger partial charge in [0.25, 0.3) is 11.8 Å². The number of urea groups is 1. The minimum absolute atomic E-state index is 0.197. The molecular formula is C25H18BrFN2O5. The lowest BCUT2D eigenvalue weighted by molar-refractivity contribution is -0.122. The third-order valence-electron chi connectivity index (χ3n) is 4.99. The summed E-state index contributed by atoms with van der Waals surface area (Å²) in [6.45, 7) is 0.197. The molecule has 0 aromatic heterocycles. The van der Waals surface area contributed by atoms with Crippen LogP contribution in [0.5, 0.6) is 11.5 Å². The molecule has 3 aromatic carbocycles. The van der Waals surface area contributed by atoms with E-state index in [4.69, 9.17) is 9.47 Å². The van der Waals surface area contributed by atoms with Crippen LogP contribution in [0.4, 0.5) is 14.9 Å². The maximum atomic E-state index is 13.1. The van der Waals surface area contributed by atoms with Crippen molar-refractivity contribution in [3.63, 3.8) is 0 Å². The Kier molecular flexibility index (Phi) is 6.74. The van der Waals surface area contributed by atoms with Gasteiger partial charge in [0.1, 0.15) is 18.0 Å². The van der Waals surface area contributed by atoms with Crippen molar-refractivity contribution in [2.45, 2.75) is 6.61 Å². The maximum Gasteiger partial charge on any atom is 0.335 e. The number of barbiturate groups is 1. The highest BCUT2D eigenvalue weighted by molar-refractivity contribution is 9.10. The molecule has 0 unspecified atom stereocenters. The van der Waals surface area contributed by atoms with Crippen LogP contribution in [0.1, 0.15) is 11.1 Å². The van der Waals surface area contributed by atoms with Gasteiger partial charge in [-0.15, -0.1) is 0 Å². The first kappa shape index (κ1) is 23.2. The Hall–Kier alpha value is -3.98. The molecule has 0 radical (unpaired) electrons. The summed E-state index contributed by atoms with van der Waals surface area (Å²) in [5.41, 5.74) is 1.39. The summed E-state index contributed by atoms with van der Waals surface area (Å²) in [6.07, 6.45) is 1.38. The molecule has 1 aliphatic heterocycles. The molecule has 1 aliphatic rings. The molecule has 0 bridgehead atoms. The van der Waals surface area contributed by atoms with Gasteiger partial charge in [-0.1, -0.05) is 34.1 Å². The molecule has 0 aliphatic carbocycles. The number of imide groups is 2. The SMILES string of the molecule is COc1cc(/C=C2\C(=O)NC(=O)N(c3ccc(Br)cc3)C2=O)ccc1OCc1ccc(F)cc1. The highest BCUT2D eigenvalue weighted by atomic mass is 79.9. The number of nitrogens with zero attached hydrogens (tertiary/aromatic N) is 1. The summed E-state index contributed by atoms with van der Waals surface area (Å²) in [6, 6.07) is 16.5. The van der Waals surface area contributed by atoms with Crippen molar-refractivity contribution in [2.24, 2.45) is 0 Å². The van der Waals surface area contributed by atoms with Crippen LogP contribution in [0.15, 0.2) is 76.8 Å². The lowest BCUT2D eigenvalue weighted by Crippen LogP contribution is -2.54. The number of ether oxygens (including phenoxy) is 2. The lowest BCUT2D eigenvalue weighted by Gasteiger charge is -2.26. The molecule has 172 valence electrons. The molecule has 1 saturated heterocycles. The van der Waals surface area contributed by atoms with E-state index in [0.29, 0.717) is 22.7 Å². The molecule has 3 aromatic rings. The van der Waals surface area contributed by atoms with Crippen LogP contribution >= 0.6 is 15.9 Å². The number of amides is 4. The van der Waals surface area contributed by atoms with Crippen LogP contribution in [0, 0.1) is 5.82 Å². The van der Waals surface area contributed by atoms with Crippen molar-refractivity contribution in [3.05, 3.63) is 93.7 Å². The number of methoxy groups -OCH3 is 1. The Bertz CT molecular complexity index is 1290. The van der Waals surface area contributed by atoms with Gasteiger partial charge in [-0.05, 0) is 65.7 Å². The number of hydrogen-bond acceptors (Lipinski definition) is 5. The number of carbonyl (C=O) groups is 3. The molecule has 4 amide bonds. The predicted molar refractivity (Wildman–Crippen MR) is 127 cm³/mol. The fraction of sp³-hybridized carbons (Fsp3) is 0.0800. The van der Waals surface area contributed by atoms with Gasteiger partial charge in [0.05, 0.1) is 12.8 Å². The molecule has 0 spiro atoms. The fourth-order valence-electron chi connectivity index (χ4n) is 3.28. The van der Waals surface area contributed by atoms with E-state index in [2.05, 4.69) is 21.2 Å². The standard InChI is InChI=1S/C25H18BrFN2O5/c1-33-22-13-16(4-11-21(22)34-14-15-2-7-18(27)8-3-15)12-20-23(30)28-25(32)29(24(20)31)19-9-5-17(26)6-10-19/h2-13H,14H2,1H3,(H,28,30,32)/b20-12+. The molecule has 4 rings (SSSR count). The van der Waals surface area contributed by atoms with E-state index in [9.17, 15) is 18.8 Å². The Morgan fingerprint density at radius 3 is 2.35 bits per heavy atom. The quantitative estimate of drug-likeness (QED) is 0.368. The molecule has 7 nitrogen and oxygen atoms in total. The number of rotatable bonds is 6. The van der Waals surface area contributed by atoms with Crippen molar-refractivity contribution in [1.82, 2.24) is 5.32 Å². The van der Waals surface area contributed by atoms with Gasteiger partial charge in [-0.3, -0.25) is 14.9 Å². The minimum atomic E-state index is -0.823. The topological polar surface area (TPSA) is 84.9 Å². The summed E-state index contributed by atoms with van der Waals surface area (Å²) >= 11 is 3.31. The molecule has 1 fully saturated rings. The molecule has 1 N–H and O–H groups in total. The highest BCUT2D eigenvalue weighted by Gasteiger charge is 2.36. The Labute approximate surface area is 202 Å². The van der Waals surface area contributed by atoms with Gasteiger partial charge >= 0.3 is 6.03 Å². The fourth-order valence-corrected chi connectivity index (χ4v) is 3.55. The minimum Gasteiger partial charge on any atom is -0.493 e. The van der Waals surface area contributed by atoms with E-state index in [0.717, 1.165) is 14.9 Å². The van der Waals surface area contributed by atoms with Crippen LogP contribution in [-0.2, 0) is 16.2 Å². The summed E-state index contributed by atoms with van der Waals surface area (Å²) < 4.78 is 25.0.